The van der Waals surface area contributed by atoms with Gasteiger partial charge < -0.3 is 37.6 Å². The molecule has 0 N–H and O–H groups in total. The molecule has 11 nitrogen and oxygen atoms in total. The number of aromatic nitrogens is 4. The molecular weight excluding hydrogens is 712 g/mol. The van der Waals surface area contributed by atoms with E-state index in [9.17, 15) is 0 Å². The lowest BCUT2D eigenvalue weighted by Crippen LogP contribution is -3.00. The van der Waals surface area contributed by atoms with Crippen molar-refractivity contribution in [3.8, 4) is 5.88 Å². The van der Waals surface area contributed by atoms with E-state index in [2.05, 4.69) is 91.7 Å². The maximum atomic E-state index is 6.98. The average Bonchev–Trinajstić information content (AvgIpc) is 3.43. The van der Waals surface area contributed by atoms with Gasteiger partial charge in [-0.25, -0.2) is 9.97 Å². The molecule has 0 aliphatic carbocycles. The van der Waals surface area contributed by atoms with Crippen LogP contribution in [0.4, 0.5) is 0 Å². The summed E-state index contributed by atoms with van der Waals surface area (Å²) in [7, 11) is 5.72. The number of imidazole rings is 1. The van der Waals surface area contributed by atoms with E-state index in [1.807, 2.05) is 46.9 Å². The number of nitrogens with zero attached hydrogens (tertiary/aromatic N) is 7. The number of hydrogen-bond donors (Lipinski definition) is 0. The van der Waals surface area contributed by atoms with E-state index in [1.165, 1.54) is 0 Å². The summed E-state index contributed by atoms with van der Waals surface area (Å²) in [6.07, 6.45) is 3.44. The van der Waals surface area contributed by atoms with Crippen LogP contribution in [0.2, 0.25) is 36.3 Å². The molecule has 2 aromatic heterocycles. The van der Waals surface area contributed by atoms with Gasteiger partial charge in [-0.05, 0) is 36.3 Å². The molecular formula is C28H57IN7O4PSi2. The van der Waals surface area contributed by atoms with Crippen LogP contribution in [0.25, 0.3) is 11.2 Å². The fraction of sp³-hybridized carbons (Fsp3) is 0.821. The first-order valence-electron chi connectivity index (χ1n) is 14.8. The van der Waals surface area contributed by atoms with Gasteiger partial charge in [-0.3, -0.25) is 9.09 Å². The van der Waals surface area contributed by atoms with Crippen LogP contribution in [0.5, 0.6) is 5.88 Å². The molecule has 0 saturated carbocycles. The van der Waals surface area contributed by atoms with Gasteiger partial charge in [0.2, 0.25) is 0 Å². The largest absolute Gasteiger partial charge is 1.00 e. The second kappa shape index (κ2) is 13.8. The van der Waals surface area contributed by atoms with Crippen molar-refractivity contribution in [1.29, 1.82) is 0 Å². The Kier molecular flexibility index (Phi) is 12.5. The highest BCUT2D eigenvalue weighted by molar-refractivity contribution is 7.64. The normalized spacial score (nSPS) is 20.9. The quantitative estimate of drug-likeness (QED) is 0.193. The molecule has 43 heavy (non-hydrogen) atoms. The second-order valence-corrected chi connectivity index (χ2v) is 28.2. The predicted octanol–water partition coefficient (Wildman–Crippen LogP) is 3.27. The molecule has 1 saturated heterocycles. The van der Waals surface area contributed by atoms with Crippen molar-refractivity contribution < 1.29 is 42.1 Å². The van der Waals surface area contributed by atoms with Gasteiger partial charge in [-0.2, -0.15) is 4.98 Å². The molecule has 248 valence electrons. The van der Waals surface area contributed by atoms with Crippen molar-refractivity contribution in [2.45, 2.75) is 103 Å². The van der Waals surface area contributed by atoms with Crippen LogP contribution < -0.4 is 28.5 Å². The van der Waals surface area contributed by atoms with Gasteiger partial charge in [0.1, 0.15) is 18.7 Å². The van der Waals surface area contributed by atoms with Crippen LogP contribution >= 0.6 is 7.94 Å². The summed E-state index contributed by atoms with van der Waals surface area (Å²) in [5.41, 5.74) is 1.29. The third-order valence-corrected chi connectivity index (χ3v) is 21.8. The Morgan fingerprint density at radius 3 is 1.91 bits per heavy atom. The topological polar surface area (TPSA) is 90.2 Å². The van der Waals surface area contributed by atoms with Gasteiger partial charge in [0.25, 0.3) is 0 Å². The molecule has 3 rings (SSSR count). The summed E-state index contributed by atoms with van der Waals surface area (Å²) in [5.74, 6) is 0.452. The third-order valence-electron chi connectivity index (χ3n) is 9.25. The van der Waals surface area contributed by atoms with Crippen molar-refractivity contribution in [3.63, 3.8) is 0 Å². The first kappa shape index (κ1) is 38.9. The molecule has 0 unspecified atom stereocenters. The molecule has 0 aromatic carbocycles. The zero-order valence-corrected chi connectivity index (χ0v) is 34.4. The minimum atomic E-state index is -2.35. The van der Waals surface area contributed by atoms with Crippen LogP contribution in [0.15, 0.2) is 12.7 Å². The lowest BCUT2D eigenvalue weighted by atomic mass is 10.2. The Bertz CT molecular complexity index is 1200. The highest BCUT2D eigenvalue weighted by Crippen LogP contribution is 2.64. The predicted molar refractivity (Wildman–Crippen MR) is 178 cm³/mol. The first-order chi connectivity index (χ1) is 19.0. The lowest BCUT2D eigenvalue weighted by Gasteiger charge is -2.40. The van der Waals surface area contributed by atoms with Crippen LogP contribution in [0.1, 0.15) is 54.2 Å². The standard InChI is InChI=1S/C28H57N7O4PSi2.HI/c1-27(2,3)41(13,14)36-18-22-21(39-42(15,16)28(4,5)6)17-23(37-22)35-20-31-24-25(35)29-19-30-26(24)38-40(32(7)8,33(9)10)34(11)12;/h19-23H,17-18H2,1-16H3;1H/q+1;/p-1/t21-,22+,23+;/m0./s1. The average molecular weight is 770 g/mol. The Balaban J connectivity index is 0.00000645. The van der Waals surface area contributed by atoms with Crippen molar-refractivity contribution in [1.82, 2.24) is 33.5 Å². The molecule has 1 fully saturated rings. The van der Waals surface area contributed by atoms with Crippen LogP contribution in [0.3, 0.4) is 0 Å². The fourth-order valence-corrected chi connectivity index (χ4v) is 10.1. The molecule has 2 aromatic rings. The van der Waals surface area contributed by atoms with Gasteiger partial charge >= 0.3 is 13.8 Å². The molecule has 3 heterocycles. The van der Waals surface area contributed by atoms with E-state index in [0.717, 1.165) is 0 Å². The van der Waals surface area contributed by atoms with E-state index >= 15 is 0 Å². The van der Waals surface area contributed by atoms with Crippen LogP contribution in [-0.4, -0.2) is 111 Å². The summed E-state index contributed by atoms with van der Waals surface area (Å²) in [4.78, 5) is 13.9. The van der Waals surface area contributed by atoms with E-state index in [4.69, 9.17) is 23.1 Å². The monoisotopic (exact) mass is 769 g/mol. The van der Waals surface area contributed by atoms with E-state index in [1.54, 1.807) is 12.7 Å². The zero-order chi connectivity index (χ0) is 32.1. The first-order valence-corrected chi connectivity index (χ1v) is 22.2. The Hall–Kier alpha value is -0.296. The Morgan fingerprint density at radius 2 is 1.42 bits per heavy atom. The van der Waals surface area contributed by atoms with E-state index < -0.39 is 24.6 Å². The lowest BCUT2D eigenvalue weighted by molar-refractivity contribution is -0.0383. The molecule has 15 heteroatoms. The zero-order valence-electron chi connectivity index (χ0n) is 29.4. The van der Waals surface area contributed by atoms with Crippen LogP contribution in [-0.2, 0) is 13.6 Å². The summed E-state index contributed by atoms with van der Waals surface area (Å²) >= 11 is 0. The second-order valence-electron chi connectivity index (χ2n) is 15.0. The highest BCUT2D eigenvalue weighted by atomic mass is 127. The summed E-state index contributed by atoms with van der Waals surface area (Å²) in [5, 5.41) is 0.191. The van der Waals surface area contributed by atoms with Crippen molar-refractivity contribution >= 4 is 35.7 Å². The maximum absolute atomic E-state index is 6.98. The molecule has 1 aliphatic rings. The van der Waals surface area contributed by atoms with E-state index in [-0.39, 0.29) is 52.5 Å². The Labute approximate surface area is 280 Å². The summed E-state index contributed by atoms with van der Waals surface area (Å²) in [6.45, 7) is 23.3. The van der Waals surface area contributed by atoms with Gasteiger partial charge in [0.15, 0.2) is 27.8 Å². The molecule has 0 bridgehead atoms. The van der Waals surface area contributed by atoms with Gasteiger partial charge in [0, 0.05) is 48.7 Å². The SMILES string of the molecule is CN(C)[P+](Oc1ncnc2c1ncn2[C@H]1C[C@H](O[Si](C)(C)C(C)(C)C)[C@@H](CO[Si](C)(C)C(C)(C)C)O1)(N(C)C)N(C)C.[I-]. The molecule has 0 radical (unpaired) electrons. The highest BCUT2D eigenvalue weighted by Gasteiger charge is 2.53. The minimum absolute atomic E-state index is 0. The Morgan fingerprint density at radius 1 is 0.884 bits per heavy atom. The molecule has 3 atom stereocenters. The number of halogens is 1. The fourth-order valence-electron chi connectivity index (χ4n) is 4.75. The summed E-state index contributed by atoms with van der Waals surface area (Å²) in [6, 6.07) is 0. The van der Waals surface area contributed by atoms with Crippen LogP contribution in [0, 0.1) is 0 Å². The number of rotatable bonds is 11. The number of fused-ring (bicyclic) bond motifs is 1. The van der Waals surface area contributed by atoms with Gasteiger partial charge in [-0.1, -0.05) is 41.5 Å². The maximum Gasteiger partial charge on any atom is 0.418 e. The van der Waals surface area contributed by atoms with Gasteiger partial charge in [-0.15, -0.1) is 14.0 Å². The molecule has 1 aliphatic heterocycles. The van der Waals surface area contributed by atoms with Crippen molar-refractivity contribution in [2.75, 3.05) is 48.9 Å². The number of hydrogen-bond acceptors (Lipinski definition) is 10. The minimum Gasteiger partial charge on any atom is -1.00 e. The summed E-state index contributed by atoms with van der Waals surface area (Å²) < 4.78 is 35.4. The smallest absolute Gasteiger partial charge is 0.418 e. The van der Waals surface area contributed by atoms with Crippen molar-refractivity contribution in [2.24, 2.45) is 0 Å². The third kappa shape index (κ3) is 7.99. The van der Waals surface area contributed by atoms with Gasteiger partial charge in [0.05, 0.1) is 19.0 Å². The number of ether oxygens (including phenoxy) is 1. The molecule has 0 amide bonds. The van der Waals surface area contributed by atoms with Crippen molar-refractivity contribution in [3.05, 3.63) is 12.7 Å². The van der Waals surface area contributed by atoms with E-state index in [0.29, 0.717) is 30.1 Å². The molecule has 0 spiro atoms.